The Balaban J connectivity index is 1.83. The second-order valence-corrected chi connectivity index (χ2v) is 8.43. The van der Waals surface area contributed by atoms with E-state index in [-0.39, 0.29) is 16.9 Å². The lowest BCUT2D eigenvalue weighted by Gasteiger charge is -2.14. The summed E-state index contributed by atoms with van der Waals surface area (Å²) in [6, 6.07) is 17.1. The summed E-state index contributed by atoms with van der Waals surface area (Å²) in [5.41, 5.74) is 1.86. The van der Waals surface area contributed by atoms with Gasteiger partial charge in [-0.15, -0.1) is 4.83 Å². The van der Waals surface area contributed by atoms with Gasteiger partial charge in [-0.3, -0.25) is 10.2 Å². The van der Waals surface area contributed by atoms with Crippen molar-refractivity contribution in [1.29, 1.82) is 0 Å². The van der Waals surface area contributed by atoms with Crippen molar-refractivity contribution in [3.05, 3.63) is 95.1 Å². The maximum Gasteiger partial charge on any atom is 0.416 e. The van der Waals surface area contributed by atoms with Gasteiger partial charge < -0.3 is 4.74 Å². The number of methoxy groups -OCH3 is 1. The molecule has 10 heteroatoms. The van der Waals surface area contributed by atoms with Gasteiger partial charge in [-0.1, -0.05) is 36.4 Å². The normalized spacial score (nSPS) is 11.8. The molecule has 3 aromatic rings. The molecule has 32 heavy (non-hydrogen) atoms. The molecule has 0 saturated heterocycles. The van der Waals surface area contributed by atoms with Gasteiger partial charge in [0.25, 0.3) is 15.9 Å². The summed E-state index contributed by atoms with van der Waals surface area (Å²) in [5, 5.41) is 0. The van der Waals surface area contributed by atoms with Crippen molar-refractivity contribution < 1.29 is 31.1 Å². The van der Waals surface area contributed by atoms with E-state index in [1.54, 1.807) is 6.07 Å². The average molecular weight is 464 g/mol. The van der Waals surface area contributed by atoms with E-state index in [0.717, 1.165) is 23.8 Å². The molecule has 0 spiro atoms. The number of sulfonamides is 1. The Morgan fingerprint density at radius 2 is 1.69 bits per heavy atom. The van der Waals surface area contributed by atoms with Crippen molar-refractivity contribution >= 4 is 15.9 Å². The number of carbonyl (C=O) groups is 1. The lowest BCUT2D eigenvalue weighted by atomic mass is 10.0. The van der Waals surface area contributed by atoms with Crippen molar-refractivity contribution in [2.75, 3.05) is 7.11 Å². The highest BCUT2D eigenvalue weighted by Crippen LogP contribution is 2.29. The lowest BCUT2D eigenvalue weighted by molar-refractivity contribution is -0.137. The summed E-state index contributed by atoms with van der Waals surface area (Å²) in [5.74, 6) is -0.583. The number of rotatable bonds is 7. The molecule has 0 aliphatic carbocycles. The zero-order valence-electron chi connectivity index (χ0n) is 16.8. The van der Waals surface area contributed by atoms with Crippen LogP contribution in [0.25, 0.3) is 0 Å². The third-order valence-electron chi connectivity index (χ3n) is 4.55. The first-order chi connectivity index (χ1) is 15.1. The average Bonchev–Trinajstić information content (AvgIpc) is 2.77. The highest BCUT2D eigenvalue weighted by atomic mass is 32.2. The fourth-order valence-corrected chi connectivity index (χ4v) is 4.04. The number of amides is 1. The summed E-state index contributed by atoms with van der Waals surface area (Å²) in [7, 11) is -2.79. The maximum atomic E-state index is 12.9. The Bertz CT molecular complexity index is 1210. The number of nitrogens with one attached hydrogen (secondary N) is 2. The van der Waals surface area contributed by atoms with Gasteiger partial charge in [-0.05, 0) is 53.9 Å². The number of ether oxygens (including phenoxy) is 1. The zero-order valence-corrected chi connectivity index (χ0v) is 17.6. The van der Waals surface area contributed by atoms with Gasteiger partial charge in [0.05, 0.1) is 17.6 Å². The summed E-state index contributed by atoms with van der Waals surface area (Å²) < 4.78 is 69.5. The van der Waals surface area contributed by atoms with E-state index in [0.29, 0.717) is 17.4 Å². The Morgan fingerprint density at radius 1 is 0.969 bits per heavy atom. The van der Waals surface area contributed by atoms with E-state index in [9.17, 15) is 26.4 Å². The molecule has 0 saturated carbocycles. The van der Waals surface area contributed by atoms with Gasteiger partial charge in [0, 0.05) is 5.56 Å². The van der Waals surface area contributed by atoms with Crippen LogP contribution in [-0.2, 0) is 22.6 Å². The molecule has 168 valence electrons. The topological polar surface area (TPSA) is 84.5 Å². The number of hydrogen-bond donors (Lipinski definition) is 2. The van der Waals surface area contributed by atoms with Crippen molar-refractivity contribution in [3.8, 4) is 5.75 Å². The minimum absolute atomic E-state index is 0.105. The molecule has 0 fully saturated rings. The van der Waals surface area contributed by atoms with E-state index < -0.39 is 27.7 Å². The fraction of sp³-hybridized carbons (Fsp3) is 0.136. The van der Waals surface area contributed by atoms with Crippen LogP contribution < -0.4 is 15.0 Å². The van der Waals surface area contributed by atoms with Gasteiger partial charge in [-0.25, -0.2) is 8.42 Å². The van der Waals surface area contributed by atoms with Crippen LogP contribution in [0.1, 0.15) is 27.0 Å². The predicted octanol–water partition coefficient (Wildman–Crippen LogP) is 3.93. The van der Waals surface area contributed by atoms with Gasteiger partial charge in [0.2, 0.25) is 0 Å². The largest absolute Gasteiger partial charge is 0.497 e. The molecule has 0 unspecified atom stereocenters. The Morgan fingerprint density at radius 3 is 2.34 bits per heavy atom. The summed E-state index contributed by atoms with van der Waals surface area (Å²) in [6.45, 7) is 0. The SMILES string of the molecule is COc1ccc(S(=O)(=O)NNC(=O)c2cccc(C(F)(F)F)c2)c(Cc2ccccc2)c1. The summed E-state index contributed by atoms with van der Waals surface area (Å²) in [4.78, 5) is 14.1. The van der Waals surface area contributed by atoms with E-state index in [4.69, 9.17) is 4.74 Å². The number of carbonyl (C=O) groups excluding carboxylic acids is 1. The van der Waals surface area contributed by atoms with Gasteiger partial charge in [0.1, 0.15) is 5.75 Å². The molecule has 0 heterocycles. The first-order valence-electron chi connectivity index (χ1n) is 9.30. The maximum absolute atomic E-state index is 12.9. The molecule has 0 aromatic heterocycles. The van der Waals surface area contributed by atoms with Crippen LogP contribution in [0.3, 0.4) is 0 Å². The van der Waals surface area contributed by atoms with Crippen LogP contribution >= 0.6 is 0 Å². The first-order valence-corrected chi connectivity index (χ1v) is 10.8. The smallest absolute Gasteiger partial charge is 0.416 e. The molecule has 0 atom stereocenters. The van der Waals surface area contributed by atoms with Crippen molar-refractivity contribution in [1.82, 2.24) is 10.3 Å². The van der Waals surface area contributed by atoms with Crippen molar-refractivity contribution in [3.63, 3.8) is 0 Å². The number of hydrogen-bond acceptors (Lipinski definition) is 4. The lowest BCUT2D eigenvalue weighted by Crippen LogP contribution is -2.41. The molecule has 0 bridgehead atoms. The van der Waals surface area contributed by atoms with Crippen LogP contribution in [0.2, 0.25) is 0 Å². The Kier molecular flexibility index (Phi) is 6.85. The van der Waals surface area contributed by atoms with Crippen molar-refractivity contribution in [2.45, 2.75) is 17.5 Å². The van der Waals surface area contributed by atoms with E-state index in [1.807, 2.05) is 40.6 Å². The molecule has 0 aliphatic heterocycles. The zero-order chi connectivity index (χ0) is 23.4. The van der Waals surface area contributed by atoms with Gasteiger partial charge in [-0.2, -0.15) is 13.2 Å². The highest BCUT2D eigenvalue weighted by molar-refractivity contribution is 7.89. The highest BCUT2D eigenvalue weighted by Gasteiger charge is 2.31. The number of hydrazine groups is 1. The fourth-order valence-electron chi connectivity index (χ4n) is 2.98. The predicted molar refractivity (Wildman–Crippen MR) is 111 cm³/mol. The van der Waals surface area contributed by atoms with E-state index >= 15 is 0 Å². The van der Waals surface area contributed by atoms with Crippen LogP contribution in [0.5, 0.6) is 5.75 Å². The number of alkyl halides is 3. The quantitative estimate of drug-likeness (QED) is 0.519. The first kappa shape index (κ1) is 23.3. The van der Waals surface area contributed by atoms with Crippen LogP contribution in [0.4, 0.5) is 13.2 Å². The molecular formula is C22H19F3N2O4S. The summed E-state index contributed by atoms with van der Waals surface area (Å²) in [6.07, 6.45) is -4.36. The minimum Gasteiger partial charge on any atom is -0.497 e. The molecule has 3 aromatic carbocycles. The minimum atomic E-state index is -4.63. The van der Waals surface area contributed by atoms with Gasteiger partial charge >= 0.3 is 6.18 Å². The van der Waals surface area contributed by atoms with E-state index in [2.05, 4.69) is 0 Å². The van der Waals surface area contributed by atoms with Crippen molar-refractivity contribution in [2.24, 2.45) is 0 Å². The van der Waals surface area contributed by atoms with Crippen LogP contribution in [-0.4, -0.2) is 21.4 Å². The summed E-state index contributed by atoms with van der Waals surface area (Å²) >= 11 is 0. The molecule has 1 amide bonds. The number of halogens is 3. The third kappa shape index (κ3) is 5.65. The Labute approximate surface area is 183 Å². The molecular weight excluding hydrogens is 445 g/mol. The standard InChI is InChI=1S/C22H19F3N2O4S/c1-31-19-10-11-20(17(14-19)12-15-6-3-2-4-7-15)32(29,30)27-26-21(28)16-8-5-9-18(13-16)22(23,24)25/h2-11,13-14,27H,12H2,1H3,(H,26,28). The molecule has 0 radical (unpaired) electrons. The van der Waals surface area contributed by atoms with Gasteiger partial charge in [0.15, 0.2) is 0 Å². The molecule has 3 rings (SSSR count). The second kappa shape index (κ2) is 9.41. The monoisotopic (exact) mass is 464 g/mol. The third-order valence-corrected chi connectivity index (χ3v) is 5.89. The molecule has 0 aliphatic rings. The second-order valence-electron chi connectivity index (χ2n) is 6.77. The van der Waals surface area contributed by atoms with E-state index in [1.165, 1.54) is 19.2 Å². The van der Waals surface area contributed by atoms with Crippen LogP contribution in [0, 0.1) is 0 Å². The Hall–Kier alpha value is -3.37. The molecule has 6 nitrogen and oxygen atoms in total. The van der Waals surface area contributed by atoms with Crippen LogP contribution in [0.15, 0.2) is 77.7 Å². The molecule has 2 N–H and O–H groups in total. The number of benzene rings is 3.